The number of methoxy groups -OCH3 is 2. The minimum absolute atomic E-state index is 0.0284. The van der Waals surface area contributed by atoms with E-state index in [1.54, 1.807) is 12.1 Å². The van der Waals surface area contributed by atoms with Crippen molar-refractivity contribution in [3.63, 3.8) is 0 Å². The van der Waals surface area contributed by atoms with Crippen LogP contribution in [0.5, 0.6) is 11.5 Å². The van der Waals surface area contributed by atoms with E-state index in [1.165, 1.54) is 56.9 Å². The smallest absolute Gasteiger partial charge is 0.251 e. The number of carbonyl (C=O) groups is 2. The summed E-state index contributed by atoms with van der Waals surface area (Å²) in [5, 5.41) is 5.47. The highest BCUT2D eigenvalue weighted by Crippen LogP contribution is 2.36. The number of ether oxygens (including phenoxy) is 2. The number of rotatable bonds is 8. The fourth-order valence-corrected chi connectivity index (χ4v) is 2.85. The van der Waals surface area contributed by atoms with Crippen LogP contribution in [0.25, 0.3) is 0 Å². The first kappa shape index (κ1) is 20.9. The fourth-order valence-electron chi connectivity index (χ4n) is 2.85. The number of amides is 2. The molecule has 2 N–H and O–H groups in total. The molecule has 7 nitrogen and oxygen atoms in total. The van der Waals surface area contributed by atoms with Gasteiger partial charge in [0.05, 0.1) is 39.1 Å². The second-order valence-corrected chi connectivity index (χ2v) is 6.37. The molecule has 2 aromatic carbocycles. The van der Waals surface area contributed by atoms with Crippen molar-refractivity contribution in [1.29, 1.82) is 0 Å². The van der Waals surface area contributed by atoms with Crippen molar-refractivity contribution in [2.75, 3.05) is 19.5 Å². The van der Waals surface area contributed by atoms with Crippen molar-refractivity contribution in [3.8, 4) is 11.5 Å². The van der Waals surface area contributed by atoms with Crippen molar-refractivity contribution < 1.29 is 27.9 Å². The molecule has 0 saturated carbocycles. The van der Waals surface area contributed by atoms with Crippen LogP contribution in [0.4, 0.5) is 10.1 Å². The average molecular weight is 412 g/mol. The summed E-state index contributed by atoms with van der Waals surface area (Å²) in [6.07, 6.45) is 1.55. The molecule has 3 rings (SSSR count). The van der Waals surface area contributed by atoms with Gasteiger partial charge in [-0.3, -0.25) is 9.59 Å². The number of halogens is 1. The van der Waals surface area contributed by atoms with E-state index in [1.807, 2.05) is 0 Å². The molecule has 8 heteroatoms. The average Bonchev–Trinajstić information content (AvgIpc) is 3.26. The monoisotopic (exact) mass is 412 g/mol. The van der Waals surface area contributed by atoms with E-state index in [0.717, 1.165) is 0 Å². The van der Waals surface area contributed by atoms with E-state index >= 15 is 0 Å². The molecule has 30 heavy (non-hydrogen) atoms. The second kappa shape index (κ2) is 9.60. The molecule has 1 heterocycles. The van der Waals surface area contributed by atoms with Crippen LogP contribution >= 0.6 is 0 Å². The van der Waals surface area contributed by atoms with Gasteiger partial charge in [-0.25, -0.2) is 4.39 Å². The van der Waals surface area contributed by atoms with Gasteiger partial charge in [0.2, 0.25) is 5.91 Å². The normalized spacial score (nSPS) is 10.4. The van der Waals surface area contributed by atoms with E-state index in [-0.39, 0.29) is 47.6 Å². The number of benzene rings is 2. The second-order valence-electron chi connectivity index (χ2n) is 6.37. The largest absolute Gasteiger partial charge is 0.493 e. The van der Waals surface area contributed by atoms with Crippen LogP contribution in [0.3, 0.4) is 0 Å². The van der Waals surface area contributed by atoms with Gasteiger partial charge in [-0.15, -0.1) is 0 Å². The third kappa shape index (κ3) is 5.16. The van der Waals surface area contributed by atoms with Gasteiger partial charge < -0.3 is 24.5 Å². The Morgan fingerprint density at radius 3 is 2.47 bits per heavy atom. The van der Waals surface area contributed by atoms with E-state index in [4.69, 9.17) is 13.9 Å². The Labute approximate surface area is 172 Å². The van der Waals surface area contributed by atoms with E-state index in [2.05, 4.69) is 10.6 Å². The first-order valence-corrected chi connectivity index (χ1v) is 9.11. The zero-order valence-corrected chi connectivity index (χ0v) is 16.5. The number of furan rings is 1. The highest BCUT2D eigenvalue weighted by Gasteiger charge is 2.18. The summed E-state index contributed by atoms with van der Waals surface area (Å²) >= 11 is 0. The van der Waals surface area contributed by atoms with Crippen LogP contribution < -0.4 is 20.1 Å². The lowest BCUT2D eigenvalue weighted by molar-refractivity contribution is -0.115. The number of carbonyl (C=O) groups excluding carboxylic acids is 2. The molecule has 0 bridgehead atoms. The van der Waals surface area contributed by atoms with Gasteiger partial charge in [0.15, 0.2) is 11.5 Å². The minimum atomic E-state index is -0.376. The molecule has 0 fully saturated rings. The number of hydrogen-bond acceptors (Lipinski definition) is 5. The van der Waals surface area contributed by atoms with Crippen molar-refractivity contribution in [3.05, 3.63) is 77.5 Å². The Morgan fingerprint density at radius 2 is 1.83 bits per heavy atom. The Hall–Kier alpha value is -3.81. The molecule has 0 unspecified atom stereocenters. The van der Waals surface area contributed by atoms with E-state index in [0.29, 0.717) is 17.1 Å². The standard InChI is InChI=1S/C22H21FN2O5/c1-28-19-12-15(22(27)24-13-17-4-3-9-30-17)11-18(21(19)29-2)25-20(26)10-14-5-7-16(23)8-6-14/h3-9,11-12H,10,13H2,1-2H3,(H,24,27)(H,25,26). The molecule has 1 aromatic heterocycles. The molecule has 0 saturated heterocycles. The Balaban J connectivity index is 1.79. The molecule has 0 aliphatic carbocycles. The molecule has 0 aliphatic rings. The lowest BCUT2D eigenvalue weighted by atomic mass is 10.1. The SMILES string of the molecule is COc1cc(C(=O)NCc2ccco2)cc(NC(=O)Cc2ccc(F)cc2)c1OC. The molecule has 0 spiro atoms. The van der Waals surface area contributed by atoms with Crippen molar-refractivity contribution in [1.82, 2.24) is 5.32 Å². The molecular weight excluding hydrogens is 391 g/mol. The molecule has 156 valence electrons. The third-order valence-corrected chi connectivity index (χ3v) is 4.30. The maximum atomic E-state index is 13.1. The lowest BCUT2D eigenvalue weighted by Gasteiger charge is -2.16. The van der Waals surface area contributed by atoms with E-state index < -0.39 is 0 Å². The topological polar surface area (TPSA) is 89.8 Å². The molecule has 0 atom stereocenters. The summed E-state index contributed by atoms with van der Waals surface area (Å²) in [5.41, 5.74) is 1.20. The highest BCUT2D eigenvalue weighted by atomic mass is 19.1. The minimum Gasteiger partial charge on any atom is -0.493 e. The number of anilines is 1. The number of hydrogen-bond donors (Lipinski definition) is 2. The first-order chi connectivity index (χ1) is 14.5. The van der Waals surface area contributed by atoms with Crippen molar-refractivity contribution in [2.24, 2.45) is 0 Å². The maximum absolute atomic E-state index is 13.1. The van der Waals surface area contributed by atoms with Gasteiger partial charge in [-0.2, -0.15) is 0 Å². The highest BCUT2D eigenvalue weighted by molar-refractivity contribution is 5.99. The molecule has 0 radical (unpaired) electrons. The van der Waals surface area contributed by atoms with Crippen LogP contribution in [0.1, 0.15) is 21.7 Å². The summed E-state index contributed by atoms with van der Waals surface area (Å²) in [7, 11) is 2.87. The van der Waals surface area contributed by atoms with Gasteiger partial charge in [0.25, 0.3) is 5.91 Å². The van der Waals surface area contributed by atoms with Gasteiger partial charge in [-0.1, -0.05) is 12.1 Å². The van der Waals surface area contributed by atoms with Crippen LogP contribution in [0, 0.1) is 5.82 Å². The maximum Gasteiger partial charge on any atom is 0.251 e. The quantitative estimate of drug-likeness (QED) is 0.591. The summed E-state index contributed by atoms with van der Waals surface area (Å²) in [5.74, 6) is 0.0831. The van der Waals surface area contributed by atoms with Crippen LogP contribution in [0.2, 0.25) is 0 Å². The summed E-state index contributed by atoms with van der Waals surface area (Å²) < 4.78 is 28.9. The van der Waals surface area contributed by atoms with Crippen molar-refractivity contribution in [2.45, 2.75) is 13.0 Å². The molecule has 2 amide bonds. The summed E-state index contributed by atoms with van der Waals surface area (Å²) in [6.45, 7) is 0.215. The molecule has 3 aromatic rings. The molecule has 0 aliphatic heterocycles. The molecular formula is C22H21FN2O5. The Kier molecular flexibility index (Phi) is 6.69. The number of nitrogens with one attached hydrogen (secondary N) is 2. The zero-order chi connectivity index (χ0) is 21.5. The first-order valence-electron chi connectivity index (χ1n) is 9.11. The Morgan fingerprint density at radius 1 is 1.07 bits per heavy atom. The van der Waals surface area contributed by atoms with Crippen LogP contribution in [-0.2, 0) is 17.8 Å². The predicted molar refractivity (Wildman–Crippen MR) is 108 cm³/mol. The predicted octanol–water partition coefficient (Wildman–Crippen LogP) is 3.55. The fraction of sp³-hybridized carbons (Fsp3) is 0.182. The van der Waals surface area contributed by atoms with E-state index in [9.17, 15) is 14.0 Å². The summed E-state index contributed by atoms with van der Waals surface area (Å²) in [6, 6.07) is 12.1. The Bertz CT molecular complexity index is 1020. The van der Waals surface area contributed by atoms with Gasteiger partial charge >= 0.3 is 0 Å². The van der Waals surface area contributed by atoms with Crippen LogP contribution in [0.15, 0.2) is 59.2 Å². The van der Waals surface area contributed by atoms with Gasteiger partial charge in [-0.05, 0) is 42.0 Å². The zero-order valence-electron chi connectivity index (χ0n) is 16.5. The van der Waals surface area contributed by atoms with Gasteiger partial charge in [0, 0.05) is 5.56 Å². The summed E-state index contributed by atoms with van der Waals surface area (Å²) in [4.78, 5) is 25.1. The van der Waals surface area contributed by atoms with Crippen LogP contribution in [-0.4, -0.2) is 26.0 Å². The van der Waals surface area contributed by atoms with Crippen molar-refractivity contribution >= 4 is 17.5 Å². The van der Waals surface area contributed by atoms with Gasteiger partial charge in [0.1, 0.15) is 11.6 Å². The third-order valence-electron chi connectivity index (χ3n) is 4.30. The lowest BCUT2D eigenvalue weighted by Crippen LogP contribution is -2.23.